The SMILES string of the molecule is COC(=O)c1cccn1C1CCN(C(=O)/C=C/c2cc(Cl)c(OC(C)C)c(OC)c2)CC1. The Kier molecular flexibility index (Phi) is 7.85. The van der Waals surface area contributed by atoms with Crippen LogP contribution in [0.15, 0.2) is 36.5 Å². The third-order valence-corrected chi connectivity index (χ3v) is 5.65. The van der Waals surface area contributed by atoms with Crippen molar-refractivity contribution >= 4 is 29.6 Å². The highest BCUT2D eigenvalue weighted by Crippen LogP contribution is 2.37. The topological polar surface area (TPSA) is 70.0 Å². The van der Waals surface area contributed by atoms with Gasteiger partial charge in [0.05, 0.1) is 25.3 Å². The predicted molar refractivity (Wildman–Crippen MR) is 123 cm³/mol. The monoisotopic (exact) mass is 460 g/mol. The number of piperidine rings is 1. The van der Waals surface area contributed by atoms with Gasteiger partial charge in [-0.3, -0.25) is 4.79 Å². The highest BCUT2D eigenvalue weighted by molar-refractivity contribution is 6.32. The van der Waals surface area contributed by atoms with Crippen LogP contribution in [0.1, 0.15) is 48.8 Å². The number of rotatable bonds is 7. The van der Waals surface area contributed by atoms with Crippen LogP contribution in [0.3, 0.4) is 0 Å². The van der Waals surface area contributed by atoms with Crippen molar-refractivity contribution in [3.05, 3.63) is 52.8 Å². The first kappa shape index (κ1) is 23.7. The molecule has 0 unspecified atom stereocenters. The van der Waals surface area contributed by atoms with Crippen LogP contribution in [0.4, 0.5) is 0 Å². The van der Waals surface area contributed by atoms with Crippen LogP contribution in [0.25, 0.3) is 6.08 Å². The standard InChI is InChI=1S/C24H29ClN2O5/c1-16(2)32-23-19(25)14-17(15-21(23)30-3)7-8-22(28)26-12-9-18(10-13-26)27-11-5-6-20(27)24(29)31-4/h5-8,11,14-16,18H,9-10,12-13H2,1-4H3/b8-7+. The summed E-state index contributed by atoms with van der Waals surface area (Å²) in [5.74, 6) is 0.593. The van der Waals surface area contributed by atoms with E-state index in [1.165, 1.54) is 7.11 Å². The van der Waals surface area contributed by atoms with E-state index in [4.69, 9.17) is 25.8 Å². The highest BCUT2D eigenvalue weighted by atomic mass is 35.5. The lowest BCUT2D eigenvalue weighted by molar-refractivity contribution is -0.127. The van der Waals surface area contributed by atoms with Gasteiger partial charge in [-0.1, -0.05) is 11.6 Å². The molecule has 1 aliphatic rings. The Morgan fingerprint density at radius 1 is 1.19 bits per heavy atom. The maximum absolute atomic E-state index is 12.7. The van der Waals surface area contributed by atoms with Crippen molar-refractivity contribution in [2.24, 2.45) is 0 Å². The van der Waals surface area contributed by atoms with Gasteiger partial charge in [0.15, 0.2) is 11.5 Å². The molecule has 1 fully saturated rings. The van der Waals surface area contributed by atoms with Crippen molar-refractivity contribution in [1.82, 2.24) is 9.47 Å². The number of benzene rings is 1. The number of likely N-dealkylation sites (tertiary alicyclic amines) is 1. The van der Waals surface area contributed by atoms with Gasteiger partial charge in [0, 0.05) is 31.4 Å². The summed E-state index contributed by atoms with van der Waals surface area (Å²) in [4.78, 5) is 26.4. The third-order valence-electron chi connectivity index (χ3n) is 5.37. The second-order valence-electron chi connectivity index (χ2n) is 7.88. The molecule has 0 radical (unpaired) electrons. The van der Waals surface area contributed by atoms with Gasteiger partial charge in [0.2, 0.25) is 5.91 Å². The number of carbonyl (C=O) groups is 2. The second kappa shape index (κ2) is 10.6. The summed E-state index contributed by atoms with van der Waals surface area (Å²) in [6, 6.07) is 7.29. The molecule has 0 spiro atoms. The van der Waals surface area contributed by atoms with Crippen LogP contribution in [-0.4, -0.2) is 54.8 Å². The number of hydrogen-bond acceptors (Lipinski definition) is 5. The molecule has 32 heavy (non-hydrogen) atoms. The molecule has 1 saturated heterocycles. The predicted octanol–water partition coefficient (Wildman–Crippen LogP) is 4.60. The first-order valence-electron chi connectivity index (χ1n) is 10.6. The number of aromatic nitrogens is 1. The van der Waals surface area contributed by atoms with Gasteiger partial charge in [-0.2, -0.15) is 0 Å². The maximum Gasteiger partial charge on any atom is 0.354 e. The van der Waals surface area contributed by atoms with E-state index in [1.54, 1.807) is 37.5 Å². The fraction of sp³-hybridized carbons (Fsp3) is 0.417. The normalized spacial score (nSPS) is 14.8. The Hall–Kier alpha value is -2.93. The first-order valence-corrected chi connectivity index (χ1v) is 11.0. The van der Waals surface area contributed by atoms with E-state index in [0.717, 1.165) is 18.4 Å². The van der Waals surface area contributed by atoms with Crippen LogP contribution in [0.2, 0.25) is 5.02 Å². The molecule has 0 atom stereocenters. The molecular weight excluding hydrogens is 432 g/mol. The summed E-state index contributed by atoms with van der Waals surface area (Å²) in [6.45, 7) is 5.05. The Balaban J connectivity index is 1.63. The van der Waals surface area contributed by atoms with Crippen LogP contribution < -0.4 is 9.47 Å². The molecule has 0 aliphatic carbocycles. The average Bonchev–Trinajstić information content (AvgIpc) is 3.28. The first-order chi connectivity index (χ1) is 15.3. The minimum absolute atomic E-state index is 0.0393. The molecule has 2 heterocycles. The lowest BCUT2D eigenvalue weighted by Gasteiger charge is -2.32. The number of hydrogen-bond donors (Lipinski definition) is 0. The third kappa shape index (κ3) is 5.46. The highest BCUT2D eigenvalue weighted by Gasteiger charge is 2.25. The Morgan fingerprint density at radius 3 is 2.53 bits per heavy atom. The molecule has 0 bridgehead atoms. The van der Waals surface area contributed by atoms with Gasteiger partial charge in [-0.15, -0.1) is 0 Å². The quantitative estimate of drug-likeness (QED) is 0.446. The van der Waals surface area contributed by atoms with Crippen LogP contribution >= 0.6 is 11.6 Å². The summed E-state index contributed by atoms with van der Waals surface area (Å²) in [7, 11) is 2.93. The molecule has 0 N–H and O–H groups in total. The van der Waals surface area contributed by atoms with E-state index in [-0.39, 0.29) is 24.0 Å². The number of ether oxygens (including phenoxy) is 3. The molecule has 1 aromatic heterocycles. The minimum Gasteiger partial charge on any atom is -0.493 e. The Morgan fingerprint density at radius 2 is 1.91 bits per heavy atom. The molecule has 7 nitrogen and oxygen atoms in total. The summed E-state index contributed by atoms with van der Waals surface area (Å²) in [5, 5.41) is 0.430. The maximum atomic E-state index is 12.7. The van der Waals surface area contributed by atoms with Crippen molar-refractivity contribution in [3.63, 3.8) is 0 Å². The number of amides is 1. The zero-order chi connectivity index (χ0) is 23.3. The number of halogens is 1. The van der Waals surface area contributed by atoms with E-state index < -0.39 is 0 Å². The fourth-order valence-electron chi connectivity index (χ4n) is 3.81. The molecule has 1 amide bonds. The lowest BCUT2D eigenvalue weighted by Crippen LogP contribution is -2.38. The van der Waals surface area contributed by atoms with E-state index >= 15 is 0 Å². The Labute approximate surface area is 193 Å². The zero-order valence-electron chi connectivity index (χ0n) is 18.8. The van der Waals surface area contributed by atoms with Crippen molar-refractivity contribution in [2.45, 2.75) is 38.8 Å². The van der Waals surface area contributed by atoms with E-state index in [9.17, 15) is 9.59 Å². The Bertz CT molecular complexity index is 990. The smallest absolute Gasteiger partial charge is 0.354 e. The van der Waals surface area contributed by atoms with E-state index in [0.29, 0.717) is 35.3 Å². The van der Waals surface area contributed by atoms with Crippen molar-refractivity contribution in [1.29, 1.82) is 0 Å². The zero-order valence-corrected chi connectivity index (χ0v) is 19.6. The molecule has 3 rings (SSSR count). The van der Waals surface area contributed by atoms with Crippen molar-refractivity contribution in [2.75, 3.05) is 27.3 Å². The van der Waals surface area contributed by atoms with Gasteiger partial charge in [0.25, 0.3) is 0 Å². The molecule has 1 aliphatic heterocycles. The summed E-state index contributed by atoms with van der Waals surface area (Å²) < 4.78 is 17.9. The molecule has 1 aromatic carbocycles. The van der Waals surface area contributed by atoms with Gasteiger partial charge >= 0.3 is 5.97 Å². The van der Waals surface area contributed by atoms with E-state index in [2.05, 4.69) is 0 Å². The van der Waals surface area contributed by atoms with Crippen LogP contribution in [0, 0.1) is 0 Å². The molecule has 2 aromatic rings. The van der Waals surface area contributed by atoms with E-state index in [1.807, 2.05) is 35.6 Å². The largest absolute Gasteiger partial charge is 0.493 e. The van der Waals surface area contributed by atoms with Crippen LogP contribution in [-0.2, 0) is 9.53 Å². The molecule has 0 saturated carbocycles. The number of esters is 1. The van der Waals surface area contributed by atoms with Crippen molar-refractivity contribution in [3.8, 4) is 11.5 Å². The molecular formula is C24H29ClN2O5. The summed E-state index contributed by atoms with van der Waals surface area (Å²) in [6.07, 6.45) is 6.64. The lowest BCUT2D eigenvalue weighted by atomic mass is 10.0. The number of methoxy groups -OCH3 is 2. The van der Waals surface area contributed by atoms with Crippen LogP contribution in [0.5, 0.6) is 11.5 Å². The molecule has 172 valence electrons. The average molecular weight is 461 g/mol. The second-order valence-corrected chi connectivity index (χ2v) is 8.29. The minimum atomic E-state index is -0.352. The molecule has 8 heteroatoms. The van der Waals surface area contributed by atoms with Crippen molar-refractivity contribution < 1.29 is 23.8 Å². The number of nitrogens with zero attached hydrogens (tertiary/aromatic N) is 2. The fourth-order valence-corrected chi connectivity index (χ4v) is 4.08. The number of carbonyl (C=O) groups excluding carboxylic acids is 2. The summed E-state index contributed by atoms with van der Waals surface area (Å²) in [5.41, 5.74) is 1.29. The van der Waals surface area contributed by atoms with Gasteiger partial charge < -0.3 is 23.7 Å². The van der Waals surface area contributed by atoms with Gasteiger partial charge in [0.1, 0.15) is 5.69 Å². The summed E-state index contributed by atoms with van der Waals surface area (Å²) >= 11 is 6.36. The van der Waals surface area contributed by atoms with Gasteiger partial charge in [-0.25, -0.2) is 4.79 Å². The van der Waals surface area contributed by atoms with Gasteiger partial charge in [-0.05, 0) is 62.6 Å².